The first-order valence-electron chi connectivity index (χ1n) is 5.66. The molecule has 0 aromatic carbocycles. The molecule has 2 aromatic heterocycles. The Kier molecular flexibility index (Phi) is 2.75. The van der Waals surface area contributed by atoms with Crippen LogP contribution in [-0.2, 0) is 0 Å². The van der Waals surface area contributed by atoms with Gasteiger partial charge in [0.15, 0.2) is 11.5 Å². The summed E-state index contributed by atoms with van der Waals surface area (Å²) in [5.74, 6) is 1.22. The highest BCUT2D eigenvalue weighted by atomic mass is 16.5. The van der Waals surface area contributed by atoms with E-state index in [1.54, 1.807) is 18.7 Å². The number of nitrogens with one attached hydrogen (secondary N) is 1. The van der Waals surface area contributed by atoms with E-state index in [0.717, 1.165) is 19.5 Å². The van der Waals surface area contributed by atoms with E-state index in [2.05, 4.69) is 15.3 Å². The van der Waals surface area contributed by atoms with Crippen LogP contribution in [0.5, 0.6) is 5.88 Å². The van der Waals surface area contributed by atoms with Gasteiger partial charge < -0.3 is 14.5 Å². The van der Waals surface area contributed by atoms with Gasteiger partial charge in [0.2, 0.25) is 5.88 Å². The molecule has 1 saturated heterocycles. The third kappa shape index (κ3) is 2.14. The lowest BCUT2D eigenvalue weighted by molar-refractivity contribution is 0.214. The van der Waals surface area contributed by atoms with Gasteiger partial charge in [-0.25, -0.2) is 9.97 Å². The summed E-state index contributed by atoms with van der Waals surface area (Å²) in [6.07, 6.45) is 6.04. The molecule has 88 valence electrons. The van der Waals surface area contributed by atoms with E-state index in [9.17, 15) is 0 Å². The van der Waals surface area contributed by atoms with Crippen LogP contribution in [0, 0.1) is 0 Å². The highest BCUT2D eigenvalue weighted by Gasteiger charge is 2.20. The zero-order chi connectivity index (χ0) is 11.5. The van der Waals surface area contributed by atoms with Gasteiger partial charge in [-0.05, 0) is 25.1 Å². The molecule has 0 bridgehead atoms. The Labute approximate surface area is 98.8 Å². The quantitative estimate of drug-likeness (QED) is 0.867. The van der Waals surface area contributed by atoms with Gasteiger partial charge in [-0.2, -0.15) is 0 Å². The van der Waals surface area contributed by atoms with Gasteiger partial charge in [0.1, 0.15) is 6.10 Å². The van der Waals surface area contributed by atoms with Crippen LogP contribution in [0.2, 0.25) is 0 Å². The number of hydrogen-bond donors (Lipinski definition) is 1. The molecule has 0 radical (unpaired) electrons. The Morgan fingerprint density at radius 3 is 3.06 bits per heavy atom. The molecule has 1 N–H and O–H groups in total. The van der Waals surface area contributed by atoms with E-state index in [4.69, 9.17) is 9.15 Å². The van der Waals surface area contributed by atoms with Crippen molar-refractivity contribution in [2.45, 2.75) is 12.5 Å². The van der Waals surface area contributed by atoms with Gasteiger partial charge in [0, 0.05) is 18.9 Å². The second-order valence-corrected chi connectivity index (χ2v) is 3.92. The highest BCUT2D eigenvalue weighted by molar-refractivity contribution is 5.57. The second-order valence-electron chi connectivity index (χ2n) is 3.92. The highest BCUT2D eigenvalue weighted by Crippen LogP contribution is 2.26. The maximum atomic E-state index is 5.83. The zero-order valence-corrected chi connectivity index (χ0v) is 9.30. The number of rotatable bonds is 3. The van der Waals surface area contributed by atoms with E-state index in [-0.39, 0.29) is 6.10 Å². The van der Waals surface area contributed by atoms with Crippen molar-refractivity contribution in [1.82, 2.24) is 15.3 Å². The fourth-order valence-electron chi connectivity index (χ4n) is 1.88. The third-order valence-corrected chi connectivity index (χ3v) is 2.71. The van der Waals surface area contributed by atoms with Gasteiger partial charge in [0.25, 0.3) is 0 Å². The molecule has 1 atom stereocenters. The lowest BCUT2D eigenvalue weighted by Gasteiger charge is -2.12. The van der Waals surface area contributed by atoms with Crippen molar-refractivity contribution in [3.8, 4) is 17.3 Å². The fraction of sp³-hybridized carbons (Fsp3) is 0.333. The summed E-state index contributed by atoms with van der Waals surface area (Å²) in [7, 11) is 0. The smallest absolute Gasteiger partial charge is 0.244 e. The molecule has 0 saturated carbocycles. The monoisotopic (exact) mass is 231 g/mol. The molecule has 1 aliphatic rings. The standard InChI is InChI=1S/C12H13N3O2/c1-2-10(16-7-1)11-12(15-6-5-14-11)17-9-3-4-13-8-9/h1-2,5-7,9,13H,3-4,8H2. The molecule has 0 amide bonds. The molecule has 1 unspecified atom stereocenters. The third-order valence-electron chi connectivity index (χ3n) is 2.71. The summed E-state index contributed by atoms with van der Waals surface area (Å²) in [4.78, 5) is 8.49. The van der Waals surface area contributed by atoms with Crippen molar-refractivity contribution in [3.63, 3.8) is 0 Å². The number of aromatic nitrogens is 2. The number of ether oxygens (including phenoxy) is 1. The van der Waals surface area contributed by atoms with Crippen molar-refractivity contribution in [2.24, 2.45) is 0 Å². The minimum atomic E-state index is 0.167. The number of hydrogen-bond acceptors (Lipinski definition) is 5. The van der Waals surface area contributed by atoms with Crippen molar-refractivity contribution in [3.05, 3.63) is 30.8 Å². The van der Waals surface area contributed by atoms with Gasteiger partial charge in [0.05, 0.1) is 6.26 Å². The van der Waals surface area contributed by atoms with E-state index in [1.165, 1.54) is 0 Å². The maximum Gasteiger partial charge on any atom is 0.244 e. The largest absolute Gasteiger partial charge is 0.471 e. The summed E-state index contributed by atoms with van der Waals surface area (Å²) in [5.41, 5.74) is 0.657. The van der Waals surface area contributed by atoms with Gasteiger partial charge in [-0.15, -0.1) is 0 Å². The van der Waals surface area contributed by atoms with Crippen LogP contribution >= 0.6 is 0 Å². The summed E-state index contributed by atoms with van der Waals surface area (Å²) < 4.78 is 11.2. The van der Waals surface area contributed by atoms with E-state index in [0.29, 0.717) is 17.3 Å². The molecule has 0 aliphatic carbocycles. The number of nitrogens with zero attached hydrogens (tertiary/aromatic N) is 2. The SMILES string of the molecule is c1coc(-c2nccnc2OC2CCNC2)c1. The topological polar surface area (TPSA) is 60.2 Å². The minimum absolute atomic E-state index is 0.167. The van der Waals surface area contributed by atoms with Crippen LogP contribution < -0.4 is 10.1 Å². The van der Waals surface area contributed by atoms with E-state index >= 15 is 0 Å². The first kappa shape index (κ1) is 10.3. The van der Waals surface area contributed by atoms with Gasteiger partial charge in [-0.3, -0.25) is 0 Å². The lowest BCUT2D eigenvalue weighted by atomic mass is 10.3. The molecule has 1 fully saturated rings. The van der Waals surface area contributed by atoms with Crippen LogP contribution in [0.3, 0.4) is 0 Å². The van der Waals surface area contributed by atoms with Crippen LogP contribution in [0.4, 0.5) is 0 Å². The molecule has 17 heavy (non-hydrogen) atoms. The number of furan rings is 1. The first-order chi connectivity index (χ1) is 8.43. The average molecular weight is 231 g/mol. The zero-order valence-electron chi connectivity index (χ0n) is 9.30. The Bertz CT molecular complexity index is 478. The molecule has 5 nitrogen and oxygen atoms in total. The van der Waals surface area contributed by atoms with Crippen molar-refractivity contribution in [1.29, 1.82) is 0 Å². The molecule has 3 rings (SSSR count). The summed E-state index contributed by atoms with van der Waals surface area (Å²) in [5, 5.41) is 3.25. The second kappa shape index (κ2) is 4.55. The molecular formula is C12H13N3O2. The van der Waals surface area contributed by atoms with Crippen LogP contribution in [-0.4, -0.2) is 29.2 Å². The van der Waals surface area contributed by atoms with Gasteiger partial charge in [-0.1, -0.05) is 0 Å². The fourth-order valence-corrected chi connectivity index (χ4v) is 1.88. The van der Waals surface area contributed by atoms with Crippen molar-refractivity contribution >= 4 is 0 Å². The maximum absolute atomic E-state index is 5.83. The minimum Gasteiger partial charge on any atom is -0.471 e. The van der Waals surface area contributed by atoms with Crippen molar-refractivity contribution in [2.75, 3.05) is 13.1 Å². The first-order valence-corrected chi connectivity index (χ1v) is 5.66. The van der Waals surface area contributed by atoms with Crippen LogP contribution in [0.25, 0.3) is 11.5 Å². The molecule has 5 heteroatoms. The molecule has 3 heterocycles. The predicted octanol–water partition coefficient (Wildman–Crippen LogP) is 1.48. The van der Waals surface area contributed by atoms with E-state index in [1.807, 2.05) is 12.1 Å². The summed E-state index contributed by atoms with van der Waals surface area (Å²) in [6, 6.07) is 3.68. The van der Waals surface area contributed by atoms with Crippen LogP contribution in [0.15, 0.2) is 35.2 Å². The summed E-state index contributed by atoms with van der Waals surface area (Å²) >= 11 is 0. The normalized spacial score (nSPS) is 19.4. The molecular weight excluding hydrogens is 218 g/mol. The van der Waals surface area contributed by atoms with E-state index < -0.39 is 0 Å². The molecule has 0 spiro atoms. The molecule has 1 aliphatic heterocycles. The Hall–Kier alpha value is -1.88. The van der Waals surface area contributed by atoms with Gasteiger partial charge >= 0.3 is 0 Å². The predicted molar refractivity (Wildman–Crippen MR) is 61.6 cm³/mol. The Balaban J connectivity index is 1.88. The van der Waals surface area contributed by atoms with Crippen molar-refractivity contribution < 1.29 is 9.15 Å². The Morgan fingerprint density at radius 1 is 1.35 bits per heavy atom. The molecule has 2 aromatic rings. The summed E-state index contributed by atoms with van der Waals surface area (Å²) in [6.45, 7) is 1.84. The van der Waals surface area contributed by atoms with Crippen LogP contribution in [0.1, 0.15) is 6.42 Å². The average Bonchev–Trinajstić information content (AvgIpc) is 3.01. The lowest BCUT2D eigenvalue weighted by Crippen LogP contribution is -2.20. The Morgan fingerprint density at radius 2 is 2.29 bits per heavy atom.